The third-order valence-corrected chi connectivity index (χ3v) is 7.44. The zero-order valence-corrected chi connectivity index (χ0v) is 22.4. The van der Waals surface area contributed by atoms with Gasteiger partial charge in [0.1, 0.15) is 6.04 Å². The molecule has 1 fully saturated rings. The number of aromatic amines is 1. The fraction of sp³-hybridized carbons (Fsp3) is 0.667. The van der Waals surface area contributed by atoms with Gasteiger partial charge >= 0.3 is 0 Å². The Balaban J connectivity index is 1.37. The van der Waals surface area contributed by atoms with Crippen LogP contribution in [0.15, 0.2) is 30.5 Å². The Bertz CT molecular complexity index is 903. The van der Waals surface area contributed by atoms with Crippen molar-refractivity contribution in [1.29, 1.82) is 0 Å². The zero-order valence-electron chi connectivity index (χ0n) is 22.4. The van der Waals surface area contributed by atoms with Gasteiger partial charge in [-0.15, -0.1) is 0 Å². The maximum atomic E-state index is 13.1. The van der Waals surface area contributed by atoms with Gasteiger partial charge in [0.15, 0.2) is 0 Å². The summed E-state index contributed by atoms with van der Waals surface area (Å²) >= 11 is 0. The first-order chi connectivity index (χ1) is 17.7. The van der Waals surface area contributed by atoms with Crippen molar-refractivity contribution in [2.75, 3.05) is 13.1 Å². The number of rotatable bonds is 18. The van der Waals surface area contributed by atoms with Crippen LogP contribution < -0.4 is 16.0 Å². The maximum absolute atomic E-state index is 13.1. The van der Waals surface area contributed by atoms with Crippen LogP contribution in [-0.4, -0.2) is 42.0 Å². The molecule has 6 heteroatoms. The molecule has 0 saturated carbocycles. The minimum absolute atomic E-state index is 0.0714. The lowest BCUT2D eigenvalue weighted by molar-refractivity contribution is -0.129. The average molecular weight is 497 g/mol. The van der Waals surface area contributed by atoms with Gasteiger partial charge in [0.2, 0.25) is 11.8 Å². The number of fused-ring (bicyclic) bond motifs is 1. The predicted octanol–water partition coefficient (Wildman–Crippen LogP) is 5.76. The smallest absolute Gasteiger partial charge is 0.242 e. The molecule has 2 amide bonds. The molecule has 3 rings (SSSR count). The van der Waals surface area contributed by atoms with Crippen molar-refractivity contribution in [3.05, 3.63) is 36.0 Å². The van der Waals surface area contributed by atoms with Crippen molar-refractivity contribution in [2.24, 2.45) is 0 Å². The number of hydrogen-bond acceptors (Lipinski definition) is 3. The van der Waals surface area contributed by atoms with Crippen molar-refractivity contribution in [2.45, 2.75) is 115 Å². The van der Waals surface area contributed by atoms with Crippen LogP contribution in [0, 0.1) is 0 Å². The van der Waals surface area contributed by atoms with Gasteiger partial charge in [-0.1, -0.05) is 95.8 Å². The third kappa shape index (κ3) is 9.61. The predicted molar refractivity (Wildman–Crippen MR) is 149 cm³/mol. The van der Waals surface area contributed by atoms with Gasteiger partial charge in [0, 0.05) is 30.1 Å². The zero-order chi connectivity index (χ0) is 25.4. The molecule has 200 valence electrons. The van der Waals surface area contributed by atoms with Crippen molar-refractivity contribution in [3.63, 3.8) is 0 Å². The highest BCUT2D eigenvalue weighted by molar-refractivity contribution is 5.91. The Labute approximate surface area is 217 Å². The van der Waals surface area contributed by atoms with Crippen molar-refractivity contribution in [1.82, 2.24) is 20.9 Å². The van der Waals surface area contributed by atoms with E-state index in [1.165, 1.54) is 64.2 Å². The number of para-hydroxylation sites is 1. The van der Waals surface area contributed by atoms with Crippen molar-refractivity contribution in [3.8, 4) is 0 Å². The molecule has 1 aliphatic heterocycles. The van der Waals surface area contributed by atoms with Crippen molar-refractivity contribution >= 4 is 22.7 Å². The van der Waals surface area contributed by atoms with E-state index in [0.29, 0.717) is 13.0 Å². The summed E-state index contributed by atoms with van der Waals surface area (Å²) in [4.78, 5) is 29.2. The minimum atomic E-state index is -0.573. The molecular weight excluding hydrogens is 448 g/mol. The van der Waals surface area contributed by atoms with Gasteiger partial charge in [-0.3, -0.25) is 9.59 Å². The van der Waals surface area contributed by atoms with E-state index in [-0.39, 0.29) is 17.9 Å². The summed E-state index contributed by atoms with van der Waals surface area (Å²) in [6.07, 6.45) is 19.8. The highest BCUT2D eigenvalue weighted by Crippen LogP contribution is 2.19. The fourth-order valence-electron chi connectivity index (χ4n) is 5.21. The number of nitrogens with one attached hydrogen (secondary N) is 4. The topological polar surface area (TPSA) is 86.0 Å². The number of aromatic nitrogens is 1. The lowest BCUT2D eigenvalue weighted by Gasteiger charge is -2.20. The summed E-state index contributed by atoms with van der Waals surface area (Å²) < 4.78 is 0. The summed E-state index contributed by atoms with van der Waals surface area (Å²) in [5.41, 5.74) is 2.10. The van der Waals surface area contributed by atoms with Crippen LogP contribution in [0.2, 0.25) is 0 Å². The monoisotopic (exact) mass is 496 g/mol. The van der Waals surface area contributed by atoms with E-state index in [2.05, 4.69) is 33.9 Å². The minimum Gasteiger partial charge on any atom is -0.361 e. The molecule has 0 unspecified atom stereocenters. The first kappa shape index (κ1) is 28.2. The molecule has 2 heterocycles. The Hall–Kier alpha value is -2.34. The largest absolute Gasteiger partial charge is 0.361 e. The van der Waals surface area contributed by atoms with E-state index in [0.717, 1.165) is 48.7 Å². The summed E-state index contributed by atoms with van der Waals surface area (Å²) in [7, 11) is 0. The van der Waals surface area contributed by atoms with Gasteiger partial charge < -0.3 is 20.9 Å². The molecule has 1 aliphatic rings. The number of carbonyl (C=O) groups excluding carboxylic acids is 2. The van der Waals surface area contributed by atoms with Crippen LogP contribution in [0.5, 0.6) is 0 Å². The molecule has 6 nitrogen and oxygen atoms in total. The van der Waals surface area contributed by atoms with Gasteiger partial charge in [-0.2, -0.15) is 0 Å². The molecule has 1 aromatic heterocycles. The summed E-state index contributed by atoms with van der Waals surface area (Å²) in [5.74, 6) is -0.160. The van der Waals surface area contributed by atoms with Crippen molar-refractivity contribution < 1.29 is 9.59 Å². The van der Waals surface area contributed by atoms with Crippen LogP contribution >= 0.6 is 0 Å². The fourth-order valence-corrected chi connectivity index (χ4v) is 5.21. The van der Waals surface area contributed by atoms with E-state index in [9.17, 15) is 9.59 Å². The standard InChI is InChI=1S/C30H48N4O2/c1-2-3-4-5-6-7-8-9-10-11-12-15-20-32-29(35)28(34-30(36)27-19-16-21-31-27)22-24-23-33-26-18-14-13-17-25(24)26/h13-14,17-18,23,27-28,31,33H,2-12,15-16,19-22H2,1H3,(H,32,35)(H,34,36)/t27-,28-/m0/s1. The summed E-state index contributed by atoms with van der Waals surface area (Å²) in [6.45, 7) is 3.79. The second-order valence-corrected chi connectivity index (χ2v) is 10.5. The number of H-pyrrole nitrogens is 1. The van der Waals surface area contributed by atoms with Crippen LogP contribution in [0.1, 0.15) is 102 Å². The van der Waals surface area contributed by atoms with Crippen LogP contribution in [0.4, 0.5) is 0 Å². The Morgan fingerprint density at radius 1 is 0.944 bits per heavy atom. The van der Waals surface area contributed by atoms with Gasteiger partial charge in [0.05, 0.1) is 6.04 Å². The average Bonchev–Trinajstić information content (AvgIpc) is 3.57. The molecule has 0 bridgehead atoms. The molecule has 36 heavy (non-hydrogen) atoms. The first-order valence-corrected chi connectivity index (χ1v) is 14.6. The lowest BCUT2D eigenvalue weighted by atomic mass is 10.0. The molecular formula is C30H48N4O2. The molecule has 2 atom stereocenters. The Morgan fingerprint density at radius 2 is 1.61 bits per heavy atom. The molecule has 0 aliphatic carbocycles. The van der Waals surface area contributed by atoms with E-state index in [1.54, 1.807) is 0 Å². The Kier molecular flexibility index (Phi) is 12.9. The molecule has 2 aromatic rings. The second kappa shape index (κ2) is 16.4. The Morgan fingerprint density at radius 3 is 2.28 bits per heavy atom. The maximum Gasteiger partial charge on any atom is 0.242 e. The number of benzene rings is 1. The van der Waals surface area contributed by atoms with Crippen LogP contribution in [0.3, 0.4) is 0 Å². The lowest BCUT2D eigenvalue weighted by Crippen LogP contribution is -2.52. The SMILES string of the molecule is CCCCCCCCCCCCCCNC(=O)[C@H](Cc1c[nH]c2ccccc12)NC(=O)[C@@H]1CCCN1. The van der Waals surface area contributed by atoms with E-state index in [4.69, 9.17) is 0 Å². The summed E-state index contributed by atoms with van der Waals surface area (Å²) in [6, 6.07) is 7.32. The quantitative estimate of drug-likeness (QED) is 0.198. The summed E-state index contributed by atoms with van der Waals surface area (Å²) in [5, 5.41) is 10.5. The molecule has 4 N–H and O–H groups in total. The third-order valence-electron chi connectivity index (χ3n) is 7.44. The molecule has 1 saturated heterocycles. The van der Waals surface area contributed by atoms with E-state index >= 15 is 0 Å². The number of amides is 2. The number of carbonyl (C=O) groups is 2. The molecule has 0 radical (unpaired) electrons. The van der Waals surface area contributed by atoms with E-state index in [1.807, 2.05) is 24.4 Å². The highest BCUT2D eigenvalue weighted by Gasteiger charge is 2.28. The van der Waals surface area contributed by atoms with Gasteiger partial charge in [-0.05, 0) is 37.4 Å². The molecule has 1 aromatic carbocycles. The van der Waals surface area contributed by atoms with Crippen LogP contribution in [0.25, 0.3) is 10.9 Å². The number of unbranched alkanes of at least 4 members (excludes halogenated alkanes) is 11. The van der Waals surface area contributed by atoms with Gasteiger partial charge in [-0.25, -0.2) is 0 Å². The first-order valence-electron chi connectivity index (χ1n) is 14.6. The highest BCUT2D eigenvalue weighted by atomic mass is 16.2. The van der Waals surface area contributed by atoms with E-state index < -0.39 is 6.04 Å². The number of hydrogen-bond donors (Lipinski definition) is 4. The second-order valence-electron chi connectivity index (χ2n) is 10.5. The normalized spacial score (nSPS) is 16.3. The van der Waals surface area contributed by atoms with Crippen LogP contribution in [-0.2, 0) is 16.0 Å². The molecule has 0 spiro atoms. The van der Waals surface area contributed by atoms with Gasteiger partial charge in [0.25, 0.3) is 0 Å².